The molecule has 1 aliphatic carbocycles. The van der Waals surface area contributed by atoms with Crippen LogP contribution in [0.2, 0.25) is 0 Å². The predicted molar refractivity (Wildman–Crippen MR) is 88.0 cm³/mol. The van der Waals surface area contributed by atoms with Gasteiger partial charge in [0.1, 0.15) is 11.4 Å². The Kier molecular flexibility index (Phi) is 3.58. The number of fused-ring (bicyclic) bond motifs is 2. The number of benzene rings is 2. The van der Waals surface area contributed by atoms with Gasteiger partial charge < -0.3 is 10.4 Å². The zero-order chi connectivity index (χ0) is 17.6. The standard InChI is InChI=1S/C19H17FN2O3/c20-14-7-5-13(6-8-14)16(23)11-22-17(24)19(21-18(22)25)10-9-12-3-1-2-4-15(12)19/h1-8,16,23H,9-11H2,(H,21,25)/t16-,19+/m1/s1. The lowest BCUT2D eigenvalue weighted by Gasteiger charge is -2.23. The third kappa shape index (κ3) is 2.41. The first-order valence-corrected chi connectivity index (χ1v) is 8.17. The number of carbonyl (C=O) groups is 2. The van der Waals surface area contributed by atoms with Gasteiger partial charge in [-0.15, -0.1) is 0 Å². The number of hydrogen-bond acceptors (Lipinski definition) is 3. The Hall–Kier alpha value is -2.73. The maximum atomic E-state index is 13.0. The summed E-state index contributed by atoms with van der Waals surface area (Å²) in [6.07, 6.45) is 0.165. The fraction of sp³-hybridized carbons (Fsp3) is 0.263. The normalized spacial score (nSPS) is 23.0. The molecule has 2 aromatic rings. The zero-order valence-electron chi connectivity index (χ0n) is 13.4. The minimum atomic E-state index is -1.07. The summed E-state index contributed by atoms with van der Waals surface area (Å²) in [5.74, 6) is -0.754. The van der Waals surface area contributed by atoms with Gasteiger partial charge in [-0.3, -0.25) is 9.69 Å². The van der Waals surface area contributed by atoms with Crippen molar-refractivity contribution in [2.75, 3.05) is 6.54 Å². The van der Waals surface area contributed by atoms with Crippen LogP contribution in [0.5, 0.6) is 0 Å². The lowest BCUT2D eigenvalue weighted by molar-refractivity contribution is -0.132. The van der Waals surface area contributed by atoms with Crippen LogP contribution in [0.1, 0.15) is 29.2 Å². The molecule has 6 heteroatoms. The fourth-order valence-electron chi connectivity index (χ4n) is 3.72. The molecule has 1 saturated heterocycles. The number of nitrogens with one attached hydrogen (secondary N) is 1. The molecule has 1 heterocycles. The molecule has 2 aromatic carbocycles. The Morgan fingerprint density at radius 1 is 1.16 bits per heavy atom. The van der Waals surface area contributed by atoms with E-state index in [9.17, 15) is 19.1 Å². The number of aryl methyl sites for hydroxylation is 1. The van der Waals surface area contributed by atoms with Gasteiger partial charge in [0.25, 0.3) is 5.91 Å². The molecule has 0 saturated carbocycles. The molecule has 0 aromatic heterocycles. The van der Waals surface area contributed by atoms with E-state index < -0.39 is 23.5 Å². The number of hydrogen-bond donors (Lipinski definition) is 2. The second kappa shape index (κ2) is 5.67. The Labute approximate surface area is 144 Å². The molecule has 2 atom stereocenters. The van der Waals surface area contributed by atoms with Crippen molar-refractivity contribution in [2.45, 2.75) is 24.5 Å². The van der Waals surface area contributed by atoms with Crippen LogP contribution in [-0.4, -0.2) is 28.5 Å². The molecule has 1 fully saturated rings. The molecule has 3 amide bonds. The minimum absolute atomic E-state index is 0.166. The summed E-state index contributed by atoms with van der Waals surface area (Å²) in [5, 5.41) is 13.2. The molecule has 2 N–H and O–H groups in total. The number of urea groups is 1. The van der Waals surface area contributed by atoms with Crippen LogP contribution in [-0.2, 0) is 16.8 Å². The van der Waals surface area contributed by atoms with Crippen molar-refractivity contribution in [2.24, 2.45) is 0 Å². The first-order valence-electron chi connectivity index (χ1n) is 8.17. The highest BCUT2D eigenvalue weighted by atomic mass is 19.1. The molecule has 0 bridgehead atoms. The maximum absolute atomic E-state index is 13.0. The second-order valence-electron chi connectivity index (χ2n) is 6.48. The van der Waals surface area contributed by atoms with Crippen LogP contribution in [0.15, 0.2) is 48.5 Å². The highest BCUT2D eigenvalue weighted by Gasteiger charge is 2.55. The first kappa shape index (κ1) is 15.8. The van der Waals surface area contributed by atoms with E-state index in [1.54, 1.807) is 0 Å². The smallest absolute Gasteiger partial charge is 0.325 e. The number of imide groups is 1. The number of nitrogens with zero attached hydrogens (tertiary/aromatic N) is 1. The summed E-state index contributed by atoms with van der Waals surface area (Å²) in [7, 11) is 0. The molecule has 0 radical (unpaired) electrons. The Morgan fingerprint density at radius 3 is 2.64 bits per heavy atom. The first-order chi connectivity index (χ1) is 12.0. The largest absolute Gasteiger partial charge is 0.387 e. The highest BCUT2D eigenvalue weighted by Crippen LogP contribution is 2.41. The van der Waals surface area contributed by atoms with E-state index in [0.29, 0.717) is 12.0 Å². The van der Waals surface area contributed by atoms with Gasteiger partial charge in [-0.05, 0) is 41.7 Å². The third-order valence-electron chi connectivity index (χ3n) is 5.03. The van der Waals surface area contributed by atoms with E-state index in [4.69, 9.17) is 0 Å². The van der Waals surface area contributed by atoms with Gasteiger partial charge in [-0.2, -0.15) is 0 Å². The number of halogens is 1. The van der Waals surface area contributed by atoms with Gasteiger partial charge in [0.15, 0.2) is 0 Å². The molecule has 1 aliphatic heterocycles. The highest BCUT2D eigenvalue weighted by molar-refractivity contribution is 6.08. The SMILES string of the molecule is O=C1N[C@]2(CCc3ccccc32)C(=O)N1C[C@@H](O)c1ccc(F)cc1. The van der Waals surface area contributed by atoms with Crippen molar-refractivity contribution < 1.29 is 19.1 Å². The number of aliphatic hydroxyl groups excluding tert-OH is 1. The minimum Gasteiger partial charge on any atom is -0.387 e. The number of β-amino-alcohol motifs (C(OH)–C–C–N with tert-alkyl or cyclic N) is 1. The Morgan fingerprint density at radius 2 is 1.88 bits per heavy atom. The van der Waals surface area contributed by atoms with Gasteiger partial charge in [0.05, 0.1) is 12.6 Å². The summed E-state index contributed by atoms with van der Waals surface area (Å²) in [4.78, 5) is 26.4. The summed E-state index contributed by atoms with van der Waals surface area (Å²) >= 11 is 0. The number of amides is 3. The molecule has 2 aliphatic rings. The quantitative estimate of drug-likeness (QED) is 0.842. The van der Waals surface area contributed by atoms with Gasteiger partial charge in [-0.25, -0.2) is 9.18 Å². The summed E-state index contributed by atoms with van der Waals surface area (Å²) in [6, 6.07) is 12.4. The van der Waals surface area contributed by atoms with Crippen molar-refractivity contribution in [1.29, 1.82) is 0 Å². The predicted octanol–water partition coefficient (Wildman–Crippen LogP) is 2.25. The molecular weight excluding hydrogens is 323 g/mol. The fourth-order valence-corrected chi connectivity index (χ4v) is 3.72. The van der Waals surface area contributed by atoms with Crippen LogP contribution in [0.3, 0.4) is 0 Å². The van der Waals surface area contributed by atoms with Crippen molar-refractivity contribution in [3.63, 3.8) is 0 Å². The monoisotopic (exact) mass is 340 g/mol. The van der Waals surface area contributed by atoms with E-state index in [1.807, 2.05) is 24.3 Å². The zero-order valence-corrected chi connectivity index (χ0v) is 13.4. The maximum Gasteiger partial charge on any atom is 0.325 e. The van der Waals surface area contributed by atoms with E-state index in [0.717, 1.165) is 22.4 Å². The number of aliphatic hydroxyl groups is 1. The van der Waals surface area contributed by atoms with E-state index in [1.165, 1.54) is 24.3 Å². The lowest BCUT2D eigenvalue weighted by Crippen LogP contribution is -2.42. The molecule has 128 valence electrons. The lowest BCUT2D eigenvalue weighted by atomic mass is 9.92. The van der Waals surface area contributed by atoms with E-state index in [2.05, 4.69) is 5.32 Å². The average molecular weight is 340 g/mol. The van der Waals surface area contributed by atoms with E-state index in [-0.39, 0.29) is 12.5 Å². The second-order valence-corrected chi connectivity index (χ2v) is 6.48. The van der Waals surface area contributed by atoms with Crippen molar-refractivity contribution >= 4 is 11.9 Å². The average Bonchev–Trinajstić information content (AvgIpc) is 3.09. The molecule has 5 nitrogen and oxygen atoms in total. The van der Waals surface area contributed by atoms with Gasteiger partial charge in [0, 0.05) is 0 Å². The van der Waals surface area contributed by atoms with Crippen molar-refractivity contribution in [3.05, 3.63) is 71.0 Å². The van der Waals surface area contributed by atoms with E-state index >= 15 is 0 Å². The van der Waals surface area contributed by atoms with Crippen molar-refractivity contribution in [1.82, 2.24) is 10.2 Å². The molecular formula is C19H17FN2O3. The van der Waals surface area contributed by atoms with Crippen LogP contribution >= 0.6 is 0 Å². The van der Waals surface area contributed by atoms with Crippen LogP contribution in [0.25, 0.3) is 0 Å². The number of carbonyl (C=O) groups excluding carboxylic acids is 2. The molecule has 1 spiro atoms. The summed E-state index contributed by atoms with van der Waals surface area (Å²) < 4.78 is 13.0. The van der Waals surface area contributed by atoms with Gasteiger partial charge >= 0.3 is 6.03 Å². The Bertz CT molecular complexity index is 852. The third-order valence-corrected chi connectivity index (χ3v) is 5.03. The molecule has 25 heavy (non-hydrogen) atoms. The van der Waals surface area contributed by atoms with Crippen molar-refractivity contribution in [3.8, 4) is 0 Å². The van der Waals surface area contributed by atoms with Gasteiger partial charge in [-0.1, -0.05) is 36.4 Å². The summed E-state index contributed by atoms with van der Waals surface area (Å²) in [6.45, 7) is -0.166. The van der Waals surface area contributed by atoms with Crippen LogP contribution in [0, 0.1) is 5.82 Å². The Balaban J connectivity index is 1.59. The van der Waals surface area contributed by atoms with Crippen LogP contribution in [0.4, 0.5) is 9.18 Å². The van der Waals surface area contributed by atoms with Gasteiger partial charge in [0.2, 0.25) is 0 Å². The molecule has 4 rings (SSSR count). The number of rotatable bonds is 3. The molecule has 0 unspecified atom stereocenters. The van der Waals surface area contributed by atoms with Crippen LogP contribution < -0.4 is 5.32 Å². The summed E-state index contributed by atoms with van der Waals surface area (Å²) in [5.41, 5.74) is 1.30. The topological polar surface area (TPSA) is 69.6 Å².